The highest BCUT2D eigenvalue weighted by Crippen LogP contribution is 2.37. The topological polar surface area (TPSA) is 121 Å². The smallest absolute Gasteiger partial charge is 0.162 e. The van der Waals surface area contributed by atoms with Crippen molar-refractivity contribution in [1.82, 2.24) is 15.0 Å². The van der Waals surface area contributed by atoms with Crippen molar-refractivity contribution < 1.29 is 9.47 Å². The van der Waals surface area contributed by atoms with Crippen molar-refractivity contribution in [3.8, 4) is 22.8 Å². The first kappa shape index (κ1) is 21.4. The van der Waals surface area contributed by atoms with Crippen molar-refractivity contribution in [3.05, 3.63) is 72.7 Å². The van der Waals surface area contributed by atoms with Gasteiger partial charge in [-0.15, -0.1) is 0 Å². The molecule has 0 saturated heterocycles. The quantitative estimate of drug-likeness (QED) is 0.318. The number of fused-ring (bicyclic) bond motifs is 3. The molecular formula is C26H24N6O2. The molecule has 8 heteroatoms. The van der Waals surface area contributed by atoms with Gasteiger partial charge in [0.25, 0.3) is 0 Å². The number of nitrogens with zero attached hydrogens (tertiary/aromatic N) is 3. The van der Waals surface area contributed by atoms with Gasteiger partial charge in [0.15, 0.2) is 11.5 Å². The molecule has 34 heavy (non-hydrogen) atoms. The molecule has 5 N–H and O–H groups in total. The first-order chi connectivity index (χ1) is 16.6. The zero-order chi connectivity index (χ0) is 23.7. The number of nitrogens with two attached hydrogens (primary N) is 2. The maximum Gasteiger partial charge on any atom is 0.162 e. The van der Waals surface area contributed by atoms with Gasteiger partial charge in [-0.3, -0.25) is 9.97 Å². The fraction of sp³-hybridized carbons (Fsp3) is 0.115. The minimum absolute atomic E-state index is 0.392. The van der Waals surface area contributed by atoms with Gasteiger partial charge in [0, 0.05) is 47.0 Å². The zero-order valence-corrected chi connectivity index (χ0v) is 18.9. The molecule has 0 aliphatic carbocycles. The Hall–Kier alpha value is -4.43. The van der Waals surface area contributed by atoms with E-state index < -0.39 is 0 Å². The SMILES string of the molecule is COc1cc2ncc3c(N)nc(-c4cncc(Nc5ccccc5CN)c4)cc3c2cc1OC. The monoisotopic (exact) mass is 452 g/mol. The highest BCUT2D eigenvalue weighted by atomic mass is 16.5. The lowest BCUT2D eigenvalue weighted by Crippen LogP contribution is -2.02. The number of aromatic nitrogens is 3. The maximum absolute atomic E-state index is 6.35. The summed E-state index contributed by atoms with van der Waals surface area (Å²) in [5.41, 5.74) is 17.3. The van der Waals surface area contributed by atoms with Crippen LogP contribution in [-0.4, -0.2) is 29.2 Å². The standard InChI is InChI=1S/C26H24N6O2/c1-33-24-9-19-18-8-22(32-26(28)20(18)14-30-23(19)10-25(24)34-2)16-7-17(13-29-12-16)31-21-6-4-3-5-15(21)11-27/h3-10,12-14,31H,11,27H2,1-2H3,(H2,28,32). The van der Waals surface area contributed by atoms with Crippen molar-refractivity contribution >= 4 is 38.9 Å². The van der Waals surface area contributed by atoms with Gasteiger partial charge in [0.2, 0.25) is 0 Å². The Morgan fingerprint density at radius 1 is 0.882 bits per heavy atom. The van der Waals surface area contributed by atoms with Crippen LogP contribution in [0, 0.1) is 0 Å². The molecule has 0 unspecified atom stereocenters. The van der Waals surface area contributed by atoms with Crippen LogP contribution in [-0.2, 0) is 6.54 Å². The summed E-state index contributed by atoms with van der Waals surface area (Å²) in [6, 6.07) is 15.7. The van der Waals surface area contributed by atoms with Crippen LogP contribution >= 0.6 is 0 Å². The van der Waals surface area contributed by atoms with Gasteiger partial charge in [-0.25, -0.2) is 4.98 Å². The molecule has 0 aliphatic rings. The van der Waals surface area contributed by atoms with Crippen molar-refractivity contribution in [3.63, 3.8) is 0 Å². The molecule has 0 bridgehead atoms. The van der Waals surface area contributed by atoms with E-state index in [1.165, 1.54) is 0 Å². The number of hydrogen-bond acceptors (Lipinski definition) is 8. The lowest BCUT2D eigenvalue weighted by atomic mass is 10.0. The van der Waals surface area contributed by atoms with E-state index in [-0.39, 0.29) is 0 Å². The van der Waals surface area contributed by atoms with Crippen LogP contribution in [0.15, 0.2) is 67.1 Å². The van der Waals surface area contributed by atoms with E-state index in [2.05, 4.69) is 20.3 Å². The summed E-state index contributed by atoms with van der Waals surface area (Å²) in [5, 5.41) is 5.98. The predicted molar refractivity (Wildman–Crippen MR) is 135 cm³/mol. The summed E-state index contributed by atoms with van der Waals surface area (Å²) in [6.45, 7) is 0.439. The van der Waals surface area contributed by atoms with Crippen LogP contribution in [0.25, 0.3) is 32.9 Å². The highest BCUT2D eigenvalue weighted by molar-refractivity contribution is 6.10. The van der Waals surface area contributed by atoms with E-state index in [0.717, 1.165) is 44.2 Å². The first-order valence-corrected chi connectivity index (χ1v) is 10.7. The second-order valence-corrected chi connectivity index (χ2v) is 7.79. The number of benzene rings is 2. The summed E-state index contributed by atoms with van der Waals surface area (Å²) >= 11 is 0. The number of para-hydroxylation sites is 1. The van der Waals surface area contributed by atoms with Crippen LogP contribution in [0.1, 0.15) is 5.56 Å². The van der Waals surface area contributed by atoms with E-state index in [1.54, 1.807) is 32.8 Å². The molecule has 0 radical (unpaired) electrons. The molecule has 0 saturated carbocycles. The van der Waals surface area contributed by atoms with E-state index in [0.29, 0.717) is 29.6 Å². The Morgan fingerprint density at radius 2 is 1.68 bits per heavy atom. The number of nitrogen functional groups attached to an aromatic ring is 1. The van der Waals surface area contributed by atoms with E-state index >= 15 is 0 Å². The molecule has 0 spiro atoms. The average Bonchev–Trinajstić information content (AvgIpc) is 2.88. The zero-order valence-electron chi connectivity index (χ0n) is 18.9. The van der Waals surface area contributed by atoms with Gasteiger partial charge < -0.3 is 26.3 Å². The summed E-state index contributed by atoms with van der Waals surface area (Å²) in [4.78, 5) is 13.6. The molecule has 170 valence electrons. The third kappa shape index (κ3) is 3.80. The Balaban J connectivity index is 1.63. The van der Waals surface area contributed by atoms with Gasteiger partial charge in [-0.1, -0.05) is 18.2 Å². The number of hydrogen-bond donors (Lipinski definition) is 3. The normalized spacial score (nSPS) is 11.0. The summed E-state index contributed by atoms with van der Waals surface area (Å²) in [6.07, 6.45) is 5.26. The Labute approximate surface area is 196 Å². The van der Waals surface area contributed by atoms with Gasteiger partial charge in [-0.05, 0) is 35.2 Å². The van der Waals surface area contributed by atoms with Crippen LogP contribution in [0.3, 0.4) is 0 Å². The van der Waals surface area contributed by atoms with Crippen molar-refractivity contribution in [2.75, 3.05) is 25.3 Å². The van der Waals surface area contributed by atoms with E-state index in [4.69, 9.17) is 20.9 Å². The molecule has 0 amide bonds. The second kappa shape index (κ2) is 8.84. The van der Waals surface area contributed by atoms with Gasteiger partial charge in [0.05, 0.1) is 37.3 Å². The number of nitrogens with one attached hydrogen (secondary N) is 1. The molecule has 3 aromatic heterocycles. The summed E-state index contributed by atoms with van der Waals surface area (Å²) in [7, 11) is 3.21. The van der Waals surface area contributed by atoms with Crippen LogP contribution in [0.4, 0.5) is 17.2 Å². The molecular weight excluding hydrogens is 428 g/mol. The van der Waals surface area contributed by atoms with Gasteiger partial charge in [-0.2, -0.15) is 0 Å². The molecule has 8 nitrogen and oxygen atoms in total. The first-order valence-electron chi connectivity index (χ1n) is 10.7. The lowest BCUT2D eigenvalue weighted by Gasteiger charge is -2.13. The number of methoxy groups -OCH3 is 2. The van der Waals surface area contributed by atoms with E-state index in [1.807, 2.05) is 48.5 Å². The summed E-state index contributed by atoms with van der Waals surface area (Å²) < 4.78 is 10.9. The molecule has 0 aliphatic heterocycles. The maximum atomic E-state index is 6.35. The van der Waals surface area contributed by atoms with Gasteiger partial charge in [0.1, 0.15) is 5.82 Å². The Kier molecular flexibility index (Phi) is 5.57. The van der Waals surface area contributed by atoms with Crippen LogP contribution < -0.4 is 26.3 Å². The fourth-order valence-corrected chi connectivity index (χ4v) is 4.03. The highest BCUT2D eigenvalue weighted by Gasteiger charge is 2.14. The third-order valence-corrected chi connectivity index (χ3v) is 5.76. The number of rotatable bonds is 6. The largest absolute Gasteiger partial charge is 0.493 e. The lowest BCUT2D eigenvalue weighted by molar-refractivity contribution is 0.356. The van der Waals surface area contributed by atoms with Crippen LogP contribution in [0.2, 0.25) is 0 Å². The van der Waals surface area contributed by atoms with Crippen molar-refractivity contribution in [2.45, 2.75) is 6.54 Å². The number of pyridine rings is 3. The minimum Gasteiger partial charge on any atom is -0.493 e. The fourth-order valence-electron chi connectivity index (χ4n) is 4.03. The predicted octanol–water partition coefficient (Wildman–Crippen LogP) is 4.65. The molecule has 0 atom stereocenters. The molecule has 0 fully saturated rings. The second-order valence-electron chi connectivity index (χ2n) is 7.79. The molecule has 5 rings (SSSR count). The van der Waals surface area contributed by atoms with Crippen LogP contribution in [0.5, 0.6) is 11.5 Å². The van der Waals surface area contributed by atoms with Gasteiger partial charge >= 0.3 is 0 Å². The molecule has 5 aromatic rings. The van der Waals surface area contributed by atoms with E-state index in [9.17, 15) is 0 Å². The Bertz CT molecular complexity index is 1520. The Morgan fingerprint density at radius 3 is 2.47 bits per heavy atom. The minimum atomic E-state index is 0.392. The van der Waals surface area contributed by atoms with Crippen molar-refractivity contribution in [1.29, 1.82) is 0 Å². The molecule has 3 heterocycles. The number of anilines is 3. The summed E-state index contributed by atoms with van der Waals surface area (Å²) in [5.74, 6) is 1.63. The molecule has 2 aromatic carbocycles. The number of ether oxygens (including phenoxy) is 2. The van der Waals surface area contributed by atoms with Crippen molar-refractivity contribution in [2.24, 2.45) is 5.73 Å². The third-order valence-electron chi connectivity index (χ3n) is 5.76. The average molecular weight is 453 g/mol.